The fourth-order valence-electron chi connectivity index (χ4n) is 4.49. The molecule has 0 bridgehead atoms. The molecule has 0 saturated carbocycles. The van der Waals surface area contributed by atoms with E-state index in [2.05, 4.69) is 0 Å². The Bertz CT molecular complexity index is 980. The van der Waals surface area contributed by atoms with Crippen LogP contribution in [0.15, 0.2) is 48.5 Å². The van der Waals surface area contributed by atoms with Gasteiger partial charge >= 0.3 is 0 Å². The van der Waals surface area contributed by atoms with Crippen molar-refractivity contribution in [1.29, 1.82) is 0 Å². The van der Waals surface area contributed by atoms with Gasteiger partial charge in [-0.15, -0.1) is 0 Å². The minimum atomic E-state index is -1.06. The van der Waals surface area contributed by atoms with E-state index in [1.807, 2.05) is 31.2 Å². The molecule has 32 heavy (non-hydrogen) atoms. The summed E-state index contributed by atoms with van der Waals surface area (Å²) in [6.45, 7) is 6.26. The van der Waals surface area contributed by atoms with Gasteiger partial charge in [-0.1, -0.05) is 29.8 Å². The third-order valence-electron chi connectivity index (χ3n) is 6.39. The van der Waals surface area contributed by atoms with Crippen molar-refractivity contribution in [2.45, 2.75) is 13.0 Å². The summed E-state index contributed by atoms with van der Waals surface area (Å²) in [5.74, 6) is -1.97. The van der Waals surface area contributed by atoms with Gasteiger partial charge in [-0.3, -0.25) is 14.4 Å². The van der Waals surface area contributed by atoms with Gasteiger partial charge in [0.2, 0.25) is 5.78 Å². The number of aryl methyl sites for hydroxylation is 1. The topological polar surface area (TPSA) is 77.4 Å². The van der Waals surface area contributed by atoms with Crippen molar-refractivity contribution in [1.82, 2.24) is 4.90 Å². The van der Waals surface area contributed by atoms with Crippen molar-refractivity contribution in [2.75, 3.05) is 46.5 Å². The van der Waals surface area contributed by atoms with Gasteiger partial charge in [0.25, 0.3) is 5.91 Å². The fourth-order valence-corrected chi connectivity index (χ4v) is 4.49. The van der Waals surface area contributed by atoms with Gasteiger partial charge in [0.05, 0.1) is 39.5 Å². The molecule has 0 aromatic heterocycles. The summed E-state index contributed by atoms with van der Waals surface area (Å²) in [5.41, 5.74) is 2.28. The Morgan fingerprint density at radius 2 is 1.72 bits per heavy atom. The molecule has 2 aromatic rings. The first kappa shape index (κ1) is 22.2. The number of quaternary nitrogens is 1. The summed E-state index contributed by atoms with van der Waals surface area (Å²) >= 11 is 0. The van der Waals surface area contributed by atoms with E-state index in [0.29, 0.717) is 37.6 Å². The summed E-state index contributed by atoms with van der Waals surface area (Å²) in [6.07, 6.45) is 0. The zero-order valence-corrected chi connectivity index (χ0v) is 18.5. The molecule has 2 aromatic carbocycles. The molecule has 4 rings (SSSR count). The van der Waals surface area contributed by atoms with Gasteiger partial charge in [-0.05, 0) is 36.8 Å². The number of nitrogens with zero attached hydrogens (tertiary/aromatic N) is 1. The first-order valence-electron chi connectivity index (χ1n) is 11.0. The second-order valence-electron chi connectivity index (χ2n) is 8.40. The van der Waals surface area contributed by atoms with Gasteiger partial charge in [0, 0.05) is 5.56 Å². The Morgan fingerprint density at radius 3 is 2.34 bits per heavy atom. The molecule has 0 aliphatic carbocycles. The highest BCUT2D eigenvalue weighted by molar-refractivity contribution is 6.44. The van der Waals surface area contributed by atoms with Crippen molar-refractivity contribution >= 4 is 17.5 Å². The molecule has 2 aliphatic heterocycles. The largest absolute Gasteiger partial charge is 0.497 e. The number of nitrogens with one attached hydrogen (secondary N) is 1. The number of methoxy groups -OCH3 is 1. The molecule has 2 saturated heterocycles. The van der Waals surface area contributed by atoms with Crippen LogP contribution in [0.3, 0.4) is 0 Å². The minimum Gasteiger partial charge on any atom is -0.497 e. The lowest BCUT2D eigenvalue weighted by molar-refractivity contribution is -0.907. The van der Waals surface area contributed by atoms with Crippen molar-refractivity contribution in [2.24, 2.45) is 5.92 Å². The number of ether oxygens (including phenoxy) is 2. The number of hydrogen-bond acceptors (Lipinski definition) is 5. The lowest BCUT2D eigenvalue weighted by Gasteiger charge is -2.30. The number of benzene rings is 2. The molecule has 7 nitrogen and oxygen atoms in total. The maximum atomic E-state index is 13.4. The molecule has 2 aliphatic rings. The molecule has 2 fully saturated rings. The lowest BCUT2D eigenvalue weighted by atomic mass is 9.86. The number of Topliss-reactive ketones (excluding diaryl/α,β-unsaturated/α-hetero) is 2. The summed E-state index contributed by atoms with van der Waals surface area (Å²) in [6, 6.07) is 13.8. The van der Waals surface area contributed by atoms with Crippen LogP contribution in [0, 0.1) is 12.8 Å². The Labute approximate surface area is 187 Å². The maximum Gasteiger partial charge on any atom is 0.291 e. The SMILES string of the molecule is COc1ccc(C(=O)C2C(=O)C(=O)N(CC[NH+]3CCOCC3)C2c2ccc(C)cc2)cc1. The van der Waals surface area contributed by atoms with Crippen LogP contribution in [0.4, 0.5) is 0 Å². The first-order valence-corrected chi connectivity index (χ1v) is 11.0. The van der Waals surface area contributed by atoms with E-state index in [-0.39, 0.29) is 5.78 Å². The zero-order valence-electron chi connectivity index (χ0n) is 18.5. The van der Waals surface area contributed by atoms with Crippen LogP contribution in [0.2, 0.25) is 0 Å². The fraction of sp³-hybridized carbons (Fsp3) is 0.400. The molecular formula is C25H29N2O5+. The molecule has 2 heterocycles. The van der Waals surface area contributed by atoms with Gasteiger partial charge in [-0.25, -0.2) is 0 Å². The number of rotatable bonds is 7. The number of ketones is 2. The Morgan fingerprint density at radius 1 is 1.06 bits per heavy atom. The molecule has 0 radical (unpaired) electrons. The first-order chi connectivity index (χ1) is 15.5. The number of morpholine rings is 1. The number of amides is 1. The summed E-state index contributed by atoms with van der Waals surface area (Å²) in [7, 11) is 1.55. The molecule has 2 atom stereocenters. The summed E-state index contributed by atoms with van der Waals surface area (Å²) in [4.78, 5) is 42.5. The maximum absolute atomic E-state index is 13.4. The van der Waals surface area contributed by atoms with Gasteiger partial charge in [-0.2, -0.15) is 0 Å². The quantitative estimate of drug-likeness (QED) is 0.395. The van der Waals surface area contributed by atoms with Crippen LogP contribution in [-0.4, -0.2) is 68.9 Å². The normalized spacial score (nSPS) is 21.8. The predicted molar refractivity (Wildman–Crippen MR) is 118 cm³/mol. The van der Waals surface area contributed by atoms with Crippen LogP contribution >= 0.6 is 0 Å². The Hall–Kier alpha value is -3.03. The summed E-state index contributed by atoms with van der Waals surface area (Å²) < 4.78 is 10.6. The third-order valence-corrected chi connectivity index (χ3v) is 6.39. The monoisotopic (exact) mass is 437 g/mol. The Kier molecular flexibility index (Phi) is 6.67. The van der Waals surface area contributed by atoms with Crippen molar-refractivity contribution in [3.05, 3.63) is 65.2 Å². The van der Waals surface area contributed by atoms with E-state index in [4.69, 9.17) is 9.47 Å². The minimum absolute atomic E-state index is 0.335. The Balaban J connectivity index is 1.64. The zero-order chi connectivity index (χ0) is 22.7. The van der Waals surface area contributed by atoms with Crippen LogP contribution in [-0.2, 0) is 14.3 Å². The molecule has 7 heteroatoms. The smallest absolute Gasteiger partial charge is 0.291 e. The number of carbonyl (C=O) groups is 3. The van der Waals surface area contributed by atoms with Crippen molar-refractivity contribution in [3.63, 3.8) is 0 Å². The van der Waals surface area contributed by atoms with Crippen LogP contribution in [0.25, 0.3) is 0 Å². The van der Waals surface area contributed by atoms with E-state index in [1.54, 1.807) is 36.3 Å². The number of likely N-dealkylation sites (tertiary alicyclic amines) is 1. The highest BCUT2D eigenvalue weighted by Gasteiger charge is 2.51. The highest BCUT2D eigenvalue weighted by atomic mass is 16.5. The second kappa shape index (κ2) is 9.63. The van der Waals surface area contributed by atoms with Crippen LogP contribution < -0.4 is 9.64 Å². The van der Waals surface area contributed by atoms with Crippen LogP contribution in [0.1, 0.15) is 27.5 Å². The lowest BCUT2D eigenvalue weighted by Crippen LogP contribution is -3.14. The van der Waals surface area contributed by atoms with E-state index >= 15 is 0 Å². The molecule has 1 amide bonds. The van der Waals surface area contributed by atoms with Gasteiger partial charge in [0.1, 0.15) is 24.8 Å². The third kappa shape index (κ3) is 4.45. The molecule has 0 spiro atoms. The average Bonchev–Trinajstić information content (AvgIpc) is 3.08. The highest BCUT2D eigenvalue weighted by Crippen LogP contribution is 2.38. The van der Waals surface area contributed by atoms with Crippen molar-refractivity contribution in [3.8, 4) is 5.75 Å². The van der Waals surface area contributed by atoms with Gasteiger partial charge < -0.3 is 19.3 Å². The number of hydrogen-bond donors (Lipinski definition) is 1. The average molecular weight is 438 g/mol. The van der Waals surface area contributed by atoms with E-state index in [1.165, 1.54) is 4.90 Å². The molecule has 2 unspecified atom stereocenters. The van der Waals surface area contributed by atoms with E-state index in [9.17, 15) is 14.4 Å². The van der Waals surface area contributed by atoms with Crippen molar-refractivity contribution < 1.29 is 28.8 Å². The second-order valence-corrected chi connectivity index (χ2v) is 8.40. The van der Waals surface area contributed by atoms with E-state index in [0.717, 1.165) is 24.2 Å². The molecule has 168 valence electrons. The van der Waals surface area contributed by atoms with Crippen LogP contribution in [0.5, 0.6) is 5.75 Å². The summed E-state index contributed by atoms with van der Waals surface area (Å²) in [5, 5.41) is 0. The van der Waals surface area contributed by atoms with E-state index < -0.39 is 23.7 Å². The molecular weight excluding hydrogens is 408 g/mol. The van der Waals surface area contributed by atoms with Gasteiger partial charge in [0.15, 0.2) is 5.78 Å². The standard InChI is InChI=1S/C25H28N2O5/c1-17-3-5-18(6-4-17)22-21(23(28)19-7-9-20(31-2)10-8-19)24(29)25(30)27(22)12-11-26-13-15-32-16-14-26/h3-10,21-22H,11-16H2,1-2H3/p+1. The molecule has 1 N–H and O–H groups in total. The number of carbonyl (C=O) groups excluding carboxylic acids is 3. The predicted octanol–water partition coefficient (Wildman–Crippen LogP) is 0.870.